The number of hydrogen-bond donors (Lipinski definition) is 2. The van der Waals surface area contributed by atoms with Crippen LogP contribution in [0.2, 0.25) is 0 Å². The summed E-state index contributed by atoms with van der Waals surface area (Å²) in [7, 11) is 0. The highest BCUT2D eigenvalue weighted by Crippen LogP contribution is 2.29. The van der Waals surface area contributed by atoms with E-state index in [-0.39, 0.29) is 12.6 Å². The number of benzene rings is 2. The molecule has 3 heteroatoms. The van der Waals surface area contributed by atoms with E-state index in [0.29, 0.717) is 0 Å². The lowest BCUT2D eigenvalue weighted by molar-refractivity contribution is 0.0652. The first kappa shape index (κ1) is 16.0. The minimum atomic E-state index is -0.670. The molecule has 1 aliphatic rings. The van der Waals surface area contributed by atoms with E-state index in [1.165, 1.54) is 16.7 Å². The average molecular weight is 311 g/mol. The lowest BCUT2D eigenvalue weighted by Gasteiger charge is -2.28. The molecule has 2 aromatic rings. The zero-order chi connectivity index (χ0) is 16.1. The maximum absolute atomic E-state index is 10.3. The van der Waals surface area contributed by atoms with Crippen LogP contribution in [0.4, 0.5) is 0 Å². The smallest absolute Gasteiger partial charge is 0.139 e. The zero-order valence-corrected chi connectivity index (χ0v) is 13.7. The van der Waals surface area contributed by atoms with Gasteiger partial charge in [0.05, 0.1) is 0 Å². The minimum Gasteiger partial charge on any atom is -0.489 e. The summed E-state index contributed by atoms with van der Waals surface area (Å²) in [6.07, 6.45) is 3.59. The van der Waals surface area contributed by atoms with Crippen LogP contribution in [0.3, 0.4) is 0 Å². The lowest BCUT2D eigenvalue weighted by Crippen LogP contribution is -2.38. The van der Waals surface area contributed by atoms with Crippen molar-refractivity contribution in [2.45, 2.75) is 44.9 Å². The monoisotopic (exact) mass is 311 g/mol. The summed E-state index contributed by atoms with van der Waals surface area (Å²) in [6.45, 7) is 2.37. The van der Waals surface area contributed by atoms with Crippen LogP contribution in [0.5, 0.6) is 5.75 Å². The maximum Gasteiger partial charge on any atom is 0.139 e. The molecule has 2 N–H and O–H groups in total. The van der Waals surface area contributed by atoms with E-state index in [2.05, 4.69) is 42.6 Å². The first-order chi connectivity index (χ1) is 11.3. The van der Waals surface area contributed by atoms with E-state index < -0.39 is 6.23 Å². The van der Waals surface area contributed by atoms with Gasteiger partial charge in [0.1, 0.15) is 18.6 Å². The molecule has 2 atom stereocenters. The second kappa shape index (κ2) is 7.62. The van der Waals surface area contributed by atoms with Crippen molar-refractivity contribution in [2.24, 2.45) is 0 Å². The fourth-order valence-corrected chi connectivity index (χ4v) is 3.31. The maximum atomic E-state index is 10.3. The summed E-state index contributed by atoms with van der Waals surface area (Å²) in [6, 6.07) is 16.7. The number of para-hydroxylation sites is 1. The van der Waals surface area contributed by atoms with Gasteiger partial charge < -0.3 is 9.84 Å². The third-order valence-corrected chi connectivity index (χ3v) is 4.51. The van der Waals surface area contributed by atoms with Gasteiger partial charge in [0, 0.05) is 6.04 Å². The second-order valence-electron chi connectivity index (χ2n) is 6.10. The highest BCUT2D eigenvalue weighted by atomic mass is 16.5. The number of nitrogens with one attached hydrogen (secondary N) is 1. The predicted octanol–water partition coefficient (Wildman–Crippen LogP) is 3.61. The molecule has 2 aromatic carbocycles. The molecule has 0 saturated heterocycles. The molecular formula is C20H25NO2. The first-order valence-corrected chi connectivity index (χ1v) is 8.50. The summed E-state index contributed by atoms with van der Waals surface area (Å²) < 4.78 is 5.81. The second-order valence-corrected chi connectivity index (χ2v) is 6.10. The van der Waals surface area contributed by atoms with Crippen molar-refractivity contribution in [1.29, 1.82) is 0 Å². The first-order valence-electron chi connectivity index (χ1n) is 8.50. The van der Waals surface area contributed by atoms with E-state index in [9.17, 15) is 5.11 Å². The van der Waals surface area contributed by atoms with Gasteiger partial charge in [-0.05, 0) is 48.4 Å². The number of hydrogen-bond acceptors (Lipinski definition) is 3. The van der Waals surface area contributed by atoms with Gasteiger partial charge in [0.25, 0.3) is 0 Å². The summed E-state index contributed by atoms with van der Waals surface area (Å²) in [4.78, 5) is 0. The average Bonchev–Trinajstić information content (AvgIpc) is 2.60. The molecule has 0 aromatic heterocycles. The summed E-state index contributed by atoms with van der Waals surface area (Å²) in [5.41, 5.74) is 3.87. The Bertz CT molecular complexity index is 641. The van der Waals surface area contributed by atoms with Gasteiger partial charge in [0.2, 0.25) is 0 Å². The van der Waals surface area contributed by atoms with Crippen LogP contribution in [-0.2, 0) is 12.8 Å². The van der Waals surface area contributed by atoms with Crippen LogP contribution >= 0.6 is 0 Å². The molecule has 0 aliphatic heterocycles. The van der Waals surface area contributed by atoms with Crippen molar-refractivity contribution in [1.82, 2.24) is 5.32 Å². The Labute approximate surface area is 138 Å². The Morgan fingerprint density at radius 2 is 1.96 bits per heavy atom. The fourth-order valence-electron chi connectivity index (χ4n) is 3.31. The van der Waals surface area contributed by atoms with Crippen LogP contribution < -0.4 is 10.1 Å². The Hall–Kier alpha value is -1.84. The number of aliphatic hydroxyl groups is 1. The van der Waals surface area contributed by atoms with Crippen LogP contribution in [-0.4, -0.2) is 17.9 Å². The highest BCUT2D eigenvalue weighted by molar-refractivity contribution is 5.33. The van der Waals surface area contributed by atoms with Gasteiger partial charge >= 0.3 is 0 Å². The van der Waals surface area contributed by atoms with Gasteiger partial charge in [-0.25, -0.2) is 0 Å². The molecule has 0 fully saturated rings. The van der Waals surface area contributed by atoms with Crippen LogP contribution in [0.15, 0.2) is 48.5 Å². The lowest BCUT2D eigenvalue weighted by atomic mass is 9.88. The predicted molar refractivity (Wildman–Crippen MR) is 92.6 cm³/mol. The van der Waals surface area contributed by atoms with Crippen LogP contribution in [0, 0.1) is 0 Å². The van der Waals surface area contributed by atoms with Crippen molar-refractivity contribution in [3.8, 4) is 5.75 Å². The van der Waals surface area contributed by atoms with E-state index in [1.807, 2.05) is 18.2 Å². The molecule has 3 nitrogen and oxygen atoms in total. The molecule has 0 unspecified atom stereocenters. The van der Waals surface area contributed by atoms with E-state index in [4.69, 9.17) is 4.74 Å². The Morgan fingerprint density at radius 3 is 2.83 bits per heavy atom. The van der Waals surface area contributed by atoms with Crippen LogP contribution in [0.1, 0.15) is 42.5 Å². The Kier molecular flexibility index (Phi) is 5.31. The fraction of sp³-hybridized carbons (Fsp3) is 0.400. The molecule has 0 spiro atoms. The number of rotatable bonds is 6. The summed E-state index contributed by atoms with van der Waals surface area (Å²) >= 11 is 0. The van der Waals surface area contributed by atoms with Crippen molar-refractivity contribution in [3.63, 3.8) is 0 Å². The largest absolute Gasteiger partial charge is 0.489 e. The molecule has 122 valence electrons. The minimum absolute atomic E-state index is 0.208. The van der Waals surface area contributed by atoms with E-state index in [1.54, 1.807) is 0 Å². The van der Waals surface area contributed by atoms with Crippen LogP contribution in [0.25, 0.3) is 0 Å². The molecule has 0 bridgehead atoms. The normalized spacial score (nSPS) is 18.3. The van der Waals surface area contributed by atoms with Gasteiger partial charge in [-0.1, -0.05) is 49.4 Å². The van der Waals surface area contributed by atoms with Gasteiger partial charge in [-0.3, -0.25) is 5.32 Å². The van der Waals surface area contributed by atoms with E-state index >= 15 is 0 Å². The topological polar surface area (TPSA) is 41.5 Å². The standard InChI is InChI=1S/C20H25NO2/c1-2-15-8-4-6-13-19(15)23-14-20(22)21-18-12-7-10-16-9-3-5-11-17(16)18/h3-6,8-9,11,13,18,20-22H,2,7,10,12,14H2,1H3/t18-,20+/m0/s1. The third kappa shape index (κ3) is 3.92. The van der Waals surface area contributed by atoms with Crippen molar-refractivity contribution < 1.29 is 9.84 Å². The Balaban J connectivity index is 1.59. The third-order valence-electron chi connectivity index (χ3n) is 4.51. The molecule has 1 aliphatic carbocycles. The molecule has 0 radical (unpaired) electrons. The number of fused-ring (bicyclic) bond motifs is 1. The van der Waals surface area contributed by atoms with Gasteiger partial charge in [-0.2, -0.15) is 0 Å². The molecular weight excluding hydrogens is 286 g/mol. The highest BCUT2D eigenvalue weighted by Gasteiger charge is 2.21. The van der Waals surface area contributed by atoms with Crippen molar-refractivity contribution in [2.75, 3.05) is 6.61 Å². The van der Waals surface area contributed by atoms with Crippen molar-refractivity contribution >= 4 is 0 Å². The summed E-state index contributed by atoms with van der Waals surface area (Å²) in [5, 5.41) is 13.6. The van der Waals surface area contributed by atoms with E-state index in [0.717, 1.165) is 31.4 Å². The van der Waals surface area contributed by atoms with Gasteiger partial charge in [0.15, 0.2) is 0 Å². The zero-order valence-electron chi connectivity index (χ0n) is 13.7. The number of aliphatic hydroxyl groups excluding tert-OH is 1. The quantitative estimate of drug-likeness (QED) is 0.801. The molecule has 0 saturated carbocycles. The Morgan fingerprint density at radius 1 is 1.17 bits per heavy atom. The number of ether oxygens (including phenoxy) is 1. The molecule has 0 amide bonds. The van der Waals surface area contributed by atoms with Gasteiger partial charge in [-0.15, -0.1) is 0 Å². The van der Waals surface area contributed by atoms with Crippen molar-refractivity contribution in [3.05, 3.63) is 65.2 Å². The SMILES string of the molecule is CCc1ccccc1OC[C@@H](O)N[C@H]1CCCc2ccccc21. The molecule has 0 heterocycles. The molecule has 3 rings (SSSR count). The number of aryl methyl sites for hydroxylation is 2. The summed E-state index contributed by atoms with van der Waals surface area (Å²) in [5.74, 6) is 0.861. The molecule has 23 heavy (non-hydrogen) atoms.